The summed E-state index contributed by atoms with van der Waals surface area (Å²) in [6.07, 6.45) is 9.25. The maximum absolute atomic E-state index is 13.3. The fourth-order valence-electron chi connectivity index (χ4n) is 3.73. The van der Waals surface area contributed by atoms with Crippen LogP contribution in [-0.2, 0) is 10.0 Å². The molecule has 1 saturated carbocycles. The highest BCUT2D eigenvalue weighted by Gasteiger charge is 2.30. The molecular formula is C21H25N3O3S. The molecule has 0 bridgehead atoms. The molecule has 28 heavy (non-hydrogen) atoms. The smallest absolute Gasteiger partial charge is 0.254 e. The van der Waals surface area contributed by atoms with Gasteiger partial charge in [0.05, 0.1) is 10.9 Å². The number of carbonyl (C=O) groups excluding carboxylic acids is 1. The third kappa shape index (κ3) is 4.25. The number of benzene rings is 1. The van der Waals surface area contributed by atoms with Gasteiger partial charge in [-0.15, -0.1) is 0 Å². The maximum atomic E-state index is 13.3. The molecule has 2 aromatic rings. The number of nitrogens with zero attached hydrogens (tertiary/aromatic N) is 2. The van der Waals surface area contributed by atoms with Crippen molar-refractivity contribution < 1.29 is 13.2 Å². The lowest BCUT2D eigenvalue weighted by Gasteiger charge is -2.30. The molecule has 1 aromatic carbocycles. The summed E-state index contributed by atoms with van der Waals surface area (Å²) >= 11 is 0. The summed E-state index contributed by atoms with van der Waals surface area (Å²) in [6.45, 7) is 0.670. The van der Waals surface area contributed by atoms with Gasteiger partial charge in [0.15, 0.2) is 0 Å². The zero-order valence-electron chi connectivity index (χ0n) is 15.8. The molecule has 0 spiro atoms. The summed E-state index contributed by atoms with van der Waals surface area (Å²) in [5, 5.41) is 0. The molecule has 4 rings (SSSR count). The number of hydrogen-bond donors (Lipinski definition) is 1. The second-order valence-electron chi connectivity index (χ2n) is 7.57. The van der Waals surface area contributed by atoms with Crippen LogP contribution in [-0.4, -0.2) is 36.8 Å². The Kier molecular flexibility index (Phi) is 5.46. The number of likely N-dealkylation sites (tertiary alicyclic amines) is 1. The Bertz CT molecular complexity index is 942. The van der Waals surface area contributed by atoms with Gasteiger partial charge in [-0.05, 0) is 61.6 Å². The molecule has 1 N–H and O–H groups in total. The average molecular weight is 400 g/mol. The lowest BCUT2D eigenvalue weighted by atomic mass is 10.0. The van der Waals surface area contributed by atoms with Crippen LogP contribution in [0.4, 0.5) is 0 Å². The average Bonchev–Trinajstić information content (AvgIpc) is 3.54. The largest absolute Gasteiger partial charge is 0.332 e. The summed E-state index contributed by atoms with van der Waals surface area (Å²) in [6, 6.07) is 10.3. The van der Waals surface area contributed by atoms with Gasteiger partial charge in [-0.2, -0.15) is 0 Å². The number of aromatic nitrogens is 1. The first kappa shape index (κ1) is 19.1. The molecular weight excluding hydrogens is 374 g/mol. The highest BCUT2D eigenvalue weighted by molar-refractivity contribution is 7.89. The van der Waals surface area contributed by atoms with Gasteiger partial charge >= 0.3 is 0 Å². The normalized spacial score (nSPS) is 20.6. The standard InChI is InChI=1S/C21H25N3O3S/c25-21(17-5-4-6-19(15-17)28(26,27)23-18-8-9-18)24-14-3-1-2-7-20(24)16-10-12-22-13-11-16/h4-6,10-13,15,18,20,23H,1-3,7-9,14H2. The zero-order chi connectivity index (χ0) is 19.6. The van der Waals surface area contributed by atoms with E-state index in [9.17, 15) is 13.2 Å². The van der Waals surface area contributed by atoms with Crippen molar-refractivity contribution in [2.45, 2.75) is 55.5 Å². The van der Waals surface area contributed by atoms with Crippen molar-refractivity contribution in [2.75, 3.05) is 6.54 Å². The van der Waals surface area contributed by atoms with E-state index in [1.165, 1.54) is 6.07 Å². The Balaban J connectivity index is 1.62. The number of hydrogen-bond acceptors (Lipinski definition) is 4. The number of carbonyl (C=O) groups is 1. The minimum Gasteiger partial charge on any atom is -0.332 e. The Morgan fingerprint density at radius 2 is 1.82 bits per heavy atom. The van der Waals surface area contributed by atoms with Crippen LogP contribution in [0.15, 0.2) is 53.7 Å². The third-order valence-electron chi connectivity index (χ3n) is 5.39. The third-order valence-corrected chi connectivity index (χ3v) is 6.91. The molecule has 2 heterocycles. The Labute approximate surface area is 166 Å². The van der Waals surface area contributed by atoms with Crippen molar-refractivity contribution in [1.82, 2.24) is 14.6 Å². The molecule has 148 valence electrons. The topological polar surface area (TPSA) is 79.4 Å². The second-order valence-corrected chi connectivity index (χ2v) is 9.28. The Morgan fingerprint density at radius 1 is 1.04 bits per heavy atom. The first-order valence-corrected chi connectivity index (χ1v) is 11.4. The molecule has 7 heteroatoms. The Morgan fingerprint density at radius 3 is 2.57 bits per heavy atom. The van der Waals surface area contributed by atoms with E-state index in [2.05, 4.69) is 9.71 Å². The van der Waals surface area contributed by atoms with Crippen molar-refractivity contribution in [3.8, 4) is 0 Å². The van der Waals surface area contributed by atoms with Gasteiger partial charge in [-0.25, -0.2) is 13.1 Å². The molecule has 2 aliphatic rings. The van der Waals surface area contributed by atoms with Crippen LogP contribution >= 0.6 is 0 Å². The predicted molar refractivity (Wildman–Crippen MR) is 106 cm³/mol. The van der Waals surface area contributed by atoms with E-state index in [1.807, 2.05) is 17.0 Å². The van der Waals surface area contributed by atoms with E-state index >= 15 is 0 Å². The van der Waals surface area contributed by atoms with Crippen LogP contribution in [0.1, 0.15) is 60.5 Å². The minimum absolute atomic E-state index is 0.0112. The number of sulfonamides is 1. The number of pyridine rings is 1. The fraction of sp³-hybridized carbons (Fsp3) is 0.429. The molecule has 1 unspecified atom stereocenters. The second kappa shape index (κ2) is 8.01. The van der Waals surface area contributed by atoms with E-state index in [-0.39, 0.29) is 22.9 Å². The molecule has 0 radical (unpaired) electrons. The minimum atomic E-state index is -3.59. The lowest BCUT2D eigenvalue weighted by Crippen LogP contribution is -2.35. The van der Waals surface area contributed by atoms with E-state index < -0.39 is 10.0 Å². The molecule has 1 aliphatic carbocycles. The fourth-order valence-corrected chi connectivity index (χ4v) is 5.08. The van der Waals surface area contributed by atoms with Gasteiger partial charge in [0.25, 0.3) is 5.91 Å². The van der Waals surface area contributed by atoms with E-state index in [4.69, 9.17) is 0 Å². The SMILES string of the molecule is O=C(c1cccc(S(=O)(=O)NC2CC2)c1)N1CCCCCC1c1ccncc1. The first-order chi connectivity index (χ1) is 13.5. The molecule has 1 atom stereocenters. The molecule has 1 aromatic heterocycles. The summed E-state index contributed by atoms with van der Waals surface area (Å²) in [7, 11) is -3.59. The number of amides is 1. The van der Waals surface area contributed by atoms with Crippen molar-refractivity contribution in [3.63, 3.8) is 0 Å². The maximum Gasteiger partial charge on any atom is 0.254 e. The van der Waals surface area contributed by atoms with Gasteiger partial charge in [0.1, 0.15) is 0 Å². The van der Waals surface area contributed by atoms with Gasteiger partial charge in [0, 0.05) is 30.5 Å². The van der Waals surface area contributed by atoms with Crippen molar-refractivity contribution >= 4 is 15.9 Å². The van der Waals surface area contributed by atoms with Gasteiger partial charge in [-0.3, -0.25) is 9.78 Å². The monoisotopic (exact) mass is 399 g/mol. The highest BCUT2D eigenvalue weighted by atomic mass is 32.2. The number of nitrogens with one attached hydrogen (secondary N) is 1. The predicted octanol–water partition coefficient (Wildman–Crippen LogP) is 3.28. The summed E-state index contributed by atoms with van der Waals surface area (Å²) in [4.78, 5) is 19.5. The first-order valence-electron chi connectivity index (χ1n) is 9.88. The zero-order valence-corrected chi connectivity index (χ0v) is 16.6. The molecule has 2 fully saturated rings. The summed E-state index contributed by atoms with van der Waals surface area (Å²) in [5.74, 6) is -0.118. The Hall–Kier alpha value is -2.25. The molecule has 6 nitrogen and oxygen atoms in total. The lowest BCUT2D eigenvalue weighted by molar-refractivity contribution is 0.0680. The van der Waals surface area contributed by atoms with E-state index in [1.54, 1.807) is 30.6 Å². The highest BCUT2D eigenvalue weighted by Crippen LogP contribution is 2.31. The van der Waals surface area contributed by atoms with Crippen LogP contribution in [0.2, 0.25) is 0 Å². The van der Waals surface area contributed by atoms with Gasteiger partial charge < -0.3 is 4.90 Å². The van der Waals surface area contributed by atoms with Crippen molar-refractivity contribution in [3.05, 3.63) is 59.9 Å². The molecule has 1 aliphatic heterocycles. The van der Waals surface area contributed by atoms with Gasteiger partial charge in [-0.1, -0.05) is 18.9 Å². The van der Waals surface area contributed by atoms with E-state index in [0.717, 1.165) is 44.1 Å². The van der Waals surface area contributed by atoms with Crippen molar-refractivity contribution in [1.29, 1.82) is 0 Å². The van der Waals surface area contributed by atoms with Crippen LogP contribution in [0.25, 0.3) is 0 Å². The van der Waals surface area contributed by atoms with Crippen LogP contribution in [0.5, 0.6) is 0 Å². The van der Waals surface area contributed by atoms with Crippen LogP contribution in [0, 0.1) is 0 Å². The van der Waals surface area contributed by atoms with Gasteiger partial charge in [0.2, 0.25) is 10.0 Å². The van der Waals surface area contributed by atoms with E-state index in [0.29, 0.717) is 12.1 Å². The molecule has 1 saturated heterocycles. The van der Waals surface area contributed by atoms with Crippen molar-refractivity contribution in [2.24, 2.45) is 0 Å². The van der Waals surface area contributed by atoms with Crippen LogP contribution in [0.3, 0.4) is 0 Å². The number of rotatable bonds is 5. The quantitative estimate of drug-likeness (QED) is 0.837. The summed E-state index contributed by atoms with van der Waals surface area (Å²) < 4.78 is 27.7. The summed E-state index contributed by atoms with van der Waals surface area (Å²) in [5.41, 5.74) is 1.49. The van der Waals surface area contributed by atoms with Crippen LogP contribution < -0.4 is 4.72 Å². The molecule has 1 amide bonds.